The van der Waals surface area contributed by atoms with E-state index in [2.05, 4.69) is 28.6 Å². The highest BCUT2D eigenvalue weighted by Gasteiger charge is 2.42. The molecule has 0 N–H and O–H groups in total. The van der Waals surface area contributed by atoms with Crippen LogP contribution in [0.5, 0.6) is 0 Å². The summed E-state index contributed by atoms with van der Waals surface area (Å²) in [6.07, 6.45) is 7.96. The minimum Gasteiger partial charge on any atom is -0.493 e. The van der Waals surface area contributed by atoms with Gasteiger partial charge >= 0.3 is 6.09 Å². The van der Waals surface area contributed by atoms with Gasteiger partial charge in [-0.2, -0.15) is 0 Å². The zero-order valence-electron chi connectivity index (χ0n) is 22.1. The van der Waals surface area contributed by atoms with Gasteiger partial charge < -0.3 is 28.7 Å². The first-order valence-electron chi connectivity index (χ1n) is 12.9. The summed E-state index contributed by atoms with van der Waals surface area (Å²) in [5, 5.41) is 0. The van der Waals surface area contributed by atoms with Gasteiger partial charge in [0.15, 0.2) is 6.10 Å². The number of nitrogens with zero attached hydrogens (tertiary/aromatic N) is 2. The molecule has 202 valence electrons. The maximum Gasteiger partial charge on any atom is 0.410 e. The van der Waals surface area contributed by atoms with E-state index in [4.69, 9.17) is 18.9 Å². The maximum absolute atomic E-state index is 13.8. The van der Waals surface area contributed by atoms with E-state index in [1.807, 2.05) is 31.7 Å². The second-order valence-corrected chi connectivity index (χ2v) is 11.5. The number of methoxy groups -OCH3 is 1. The summed E-state index contributed by atoms with van der Waals surface area (Å²) in [7, 11) is 1.68. The highest BCUT2D eigenvalue weighted by molar-refractivity contribution is 9.12. The van der Waals surface area contributed by atoms with Gasteiger partial charge in [-0.15, -0.1) is 0 Å². The molecule has 8 nitrogen and oxygen atoms in total. The van der Waals surface area contributed by atoms with Gasteiger partial charge in [-0.3, -0.25) is 4.79 Å². The van der Waals surface area contributed by atoms with Gasteiger partial charge in [0.25, 0.3) is 5.91 Å². The van der Waals surface area contributed by atoms with Gasteiger partial charge in [-0.25, -0.2) is 4.79 Å². The molecule has 2 amide bonds. The van der Waals surface area contributed by atoms with Crippen LogP contribution in [0.2, 0.25) is 0 Å². The molecule has 0 spiro atoms. The van der Waals surface area contributed by atoms with Gasteiger partial charge in [0.2, 0.25) is 0 Å². The fourth-order valence-corrected chi connectivity index (χ4v) is 4.97. The Morgan fingerprint density at radius 2 is 1.97 bits per heavy atom. The Hall–Kier alpha value is -1.84. The van der Waals surface area contributed by atoms with Crippen LogP contribution in [0.4, 0.5) is 4.79 Å². The molecular formula is C27H41BrN2O6. The van der Waals surface area contributed by atoms with Crippen molar-refractivity contribution in [3.05, 3.63) is 34.5 Å². The summed E-state index contributed by atoms with van der Waals surface area (Å²) in [5.74, 6) is 0.705. The molecule has 0 radical (unpaired) electrons. The topological polar surface area (TPSA) is 77.5 Å². The molecule has 0 aromatic heterocycles. The van der Waals surface area contributed by atoms with E-state index in [1.54, 1.807) is 12.0 Å². The first kappa shape index (κ1) is 28.7. The fourth-order valence-electron chi connectivity index (χ4n) is 4.37. The minimum atomic E-state index is -0.693. The van der Waals surface area contributed by atoms with Crippen molar-refractivity contribution >= 4 is 27.9 Å². The van der Waals surface area contributed by atoms with E-state index in [1.165, 1.54) is 0 Å². The maximum atomic E-state index is 13.8. The lowest BCUT2D eigenvalue weighted by Crippen LogP contribution is -2.55. The fraction of sp³-hybridized carbons (Fsp3) is 0.704. The first-order chi connectivity index (χ1) is 17.1. The standard InChI is InChI=1S/C27H41BrN2O6/c1-19-7-8-20(11-12-23(22(28)17-19)34-15-6-14-33-5)30(21-9-10-21)25(31)24-18-29(13-16-35-24)26(32)36-27(2,3)4/h12,17,20-21,24H,1,6-11,13-16,18H2,2-5H3/b22-17+,23-12+/t20-,24-/m1/s1. The van der Waals surface area contributed by atoms with E-state index < -0.39 is 17.8 Å². The van der Waals surface area contributed by atoms with Gasteiger partial charge in [-0.05, 0) is 81.0 Å². The third kappa shape index (κ3) is 8.63. The van der Waals surface area contributed by atoms with Crippen molar-refractivity contribution in [1.82, 2.24) is 9.80 Å². The second-order valence-electron chi connectivity index (χ2n) is 10.6. The highest BCUT2D eigenvalue weighted by Crippen LogP contribution is 2.35. The number of amides is 2. The molecule has 1 heterocycles. The predicted molar refractivity (Wildman–Crippen MR) is 142 cm³/mol. The van der Waals surface area contributed by atoms with E-state index in [0.29, 0.717) is 32.8 Å². The van der Waals surface area contributed by atoms with Gasteiger partial charge in [0.05, 0.1) is 24.2 Å². The van der Waals surface area contributed by atoms with Crippen molar-refractivity contribution in [3.63, 3.8) is 0 Å². The van der Waals surface area contributed by atoms with Crippen molar-refractivity contribution in [2.45, 2.75) is 83.1 Å². The normalized spacial score (nSPS) is 26.5. The Morgan fingerprint density at radius 1 is 1.22 bits per heavy atom. The number of carbonyl (C=O) groups is 2. The molecule has 2 atom stereocenters. The lowest BCUT2D eigenvalue weighted by Gasteiger charge is -2.38. The average molecular weight is 570 g/mol. The van der Waals surface area contributed by atoms with Gasteiger partial charge in [0.1, 0.15) is 11.4 Å². The molecule has 36 heavy (non-hydrogen) atoms. The third-order valence-corrected chi connectivity index (χ3v) is 6.89. The number of morpholine rings is 1. The Balaban J connectivity index is 1.73. The number of carbonyl (C=O) groups excluding carboxylic acids is 2. The number of allylic oxidation sites excluding steroid dienone is 3. The largest absolute Gasteiger partial charge is 0.493 e. The van der Waals surface area contributed by atoms with Crippen molar-refractivity contribution < 1.29 is 28.5 Å². The Bertz CT molecular complexity index is 861. The zero-order chi connectivity index (χ0) is 26.3. The van der Waals surface area contributed by atoms with Crippen molar-refractivity contribution in [2.75, 3.05) is 40.0 Å². The minimum absolute atomic E-state index is 0.00775. The predicted octanol–water partition coefficient (Wildman–Crippen LogP) is 4.94. The Morgan fingerprint density at radius 3 is 2.64 bits per heavy atom. The van der Waals surface area contributed by atoms with E-state index >= 15 is 0 Å². The number of hydrogen-bond donors (Lipinski definition) is 0. The number of ether oxygens (including phenoxy) is 4. The summed E-state index contributed by atoms with van der Waals surface area (Å²) >= 11 is 3.64. The molecule has 0 unspecified atom stereocenters. The van der Waals surface area contributed by atoms with E-state index in [9.17, 15) is 9.59 Å². The molecule has 3 aliphatic rings. The molecule has 1 aliphatic heterocycles. The van der Waals surface area contributed by atoms with Crippen LogP contribution >= 0.6 is 15.9 Å². The molecule has 0 aromatic rings. The van der Waals surface area contributed by atoms with Crippen molar-refractivity contribution in [1.29, 1.82) is 0 Å². The SMILES string of the molecule is C=C1/C=C(Br)\C(OCCCOC)=C/C[C@H](N(C(=O)[C@H]2CN(C(=O)OC(C)(C)C)CCO2)C2CC2)CC1. The van der Waals surface area contributed by atoms with Crippen LogP contribution in [0.15, 0.2) is 34.5 Å². The molecular weight excluding hydrogens is 528 g/mol. The van der Waals surface area contributed by atoms with Crippen LogP contribution in [0.1, 0.15) is 59.3 Å². The monoisotopic (exact) mass is 568 g/mol. The molecule has 0 aromatic carbocycles. The van der Waals surface area contributed by atoms with Crippen LogP contribution < -0.4 is 0 Å². The number of hydrogen-bond acceptors (Lipinski definition) is 6. The van der Waals surface area contributed by atoms with Crippen LogP contribution in [-0.4, -0.2) is 85.6 Å². The Kier molecular flexibility index (Phi) is 10.5. The number of rotatable bonds is 8. The molecule has 2 fully saturated rings. The molecule has 0 bridgehead atoms. The molecule has 2 aliphatic carbocycles. The quantitative estimate of drug-likeness (QED) is 0.386. The molecule has 1 saturated heterocycles. The van der Waals surface area contributed by atoms with Crippen LogP contribution in [0.25, 0.3) is 0 Å². The summed E-state index contributed by atoms with van der Waals surface area (Å²) in [6.45, 7) is 11.8. The summed E-state index contributed by atoms with van der Waals surface area (Å²) in [4.78, 5) is 30.0. The van der Waals surface area contributed by atoms with Gasteiger partial charge in [-0.1, -0.05) is 12.2 Å². The van der Waals surface area contributed by atoms with Crippen molar-refractivity contribution in [3.8, 4) is 0 Å². The van der Waals surface area contributed by atoms with Gasteiger partial charge in [0, 0.05) is 38.8 Å². The first-order valence-corrected chi connectivity index (χ1v) is 13.7. The lowest BCUT2D eigenvalue weighted by atomic mass is 10.0. The van der Waals surface area contributed by atoms with E-state index in [-0.39, 0.29) is 24.5 Å². The number of halogens is 1. The summed E-state index contributed by atoms with van der Waals surface area (Å²) < 4.78 is 23.4. The second kappa shape index (κ2) is 13.1. The summed E-state index contributed by atoms with van der Waals surface area (Å²) in [6, 6.07) is 0.194. The molecule has 1 saturated carbocycles. The van der Waals surface area contributed by atoms with Crippen LogP contribution in [0.3, 0.4) is 0 Å². The smallest absolute Gasteiger partial charge is 0.410 e. The summed E-state index contributed by atoms with van der Waals surface area (Å²) in [5.41, 5.74) is 0.389. The lowest BCUT2D eigenvalue weighted by molar-refractivity contribution is -0.152. The van der Waals surface area contributed by atoms with Crippen LogP contribution in [0, 0.1) is 0 Å². The molecule has 3 rings (SSSR count). The highest BCUT2D eigenvalue weighted by atomic mass is 79.9. The Labute approximate surface area is 223 Å². The average Bonchev–Trinajstić information content (AvgIpc) is 3.64. The van der Waals surface area contributed by atoms with Crippen molar-refractivity contribution in [2.24, 2.45) is 0 Å². The third-order valence-electron chi connectivity index (χ3n) is 6.27. The molecule has 9 heteroatoms. The van der Waals surface area contributed by atoms with E-state index in [0.717, 1.165) is 47.9 Å². The zero-order valence-corrected chi connectivity index (χ0v) is 23.7. The van der Waals surface area contributed by atoms with Crippen LogP contribution in [-0.2, 0) is 23.7 Å².